The highest BCUT2D eigenvalue weighted by Gasteiger charge is 2.19. The Bertz CT molecular complexity index is 601. The van der Waals surface area contributed by atoms with Gasteiger partial charge in [-0.25, -0.2) is 4.39 Å². The summed E-state index contributed by atoms with van der Waals surface area (Å²) in [5.74, 6) is -1.75. The molecule has 0 amide bonds. The highest BCUT2D eigenvalue weighted by atomic mass is 79.9. The molecule has 5 heteroatoms. The third kappa shape index (κ3) is 4.13. The van der Waals surface area contributed by atoms with E-state index in [1.54, 1.807) is 24.5 Å². The van der Waals surface area contributed by atoms with Crippen LogP contribution in [0.25, 0.3) is 0 Å². The number of nitrogens with zero attached hydrogens (tertiary/aromatic N) is 1. The molecule has 0 fully saturated rings. The predicted molar refractivity (Wildman–Crippen MR) is 76.9 cm³/mol. The topological polar surface area (TPSA) is 50.2 Å². The maximum absolute atomic E-state index is 12.8. The number of pyridine rings is 1. The number of hydrogen-bond acceptors (Lipinski definition) is 2. The van der Waals surface area contributed by atoms with Crippen molar-refractivity contribution in [1.29, 1.82) is 0 Å². The van der Waals surface area contributed by atoms with Gasteiger partial charge in [-0.05, 0) is 58.1 Å². The van der Waals surface area contributed by atoms with Crippen LogP contribution in [-0.4, -0.2) is 16.1 Å². The standard InChI is InChI=1S/C15H13BrFNO2/c16-13-7-11(8-18-9-13)6-12(15(19)20)5-10-1-3-14(17)4-2-10/h1-4,7-9,12H,5-6H2,(H,19,20). The van der Waals surface area contributed by atoms with Gasteiger partial charge in [0.05, 0.1) is 5.92 Å². The van der Waals surface area contributed by atoms with Crippen molar-refractivity contribution in [3.63, 3.8) is 0 Å². The number of aromatic nitrogens is 1. The summed E-state index contributed by atoms with van der Waals surface area (Å²) in [6, 6.07) is 7.77. The zero-order chi connectivity index (χ0) is 14.5. The molecule has 3 nitrogen and oxygen atoms in total. The second-order valence-electron chi connectivity index (χ2n) is 4.58. The van der Waals surface area contributed by atoms with Crippen LogP contribution >= 0.6 is 15.9 Å². The predicted octanol–water partition coefficient (Wildman–Crippen LogP) is 3.47. The molecule has 1 N–H and O–H groups in total. The highest BCUT2D eigenvalue weighted by Crippen LogP contribution is 2.17. The number of aliphatic carboxylic acids is 1. The molecule has 0 bridgehead atoms. The Morgan fingerprint density at radius 2 is 1.85 bits per heavy atom. The molecule has 2 aromatic rings. The molecule has 1 unspecified atom stereocenters. The van der Waals surface area contributed by atoms with E-state index < -0.39 is 11.9 Å². The Hall–Kier alpha value is -1.75. The van der Waals surface area contributed by atoms with E-state index in [0.717, 1.165) is 15.6 Å². The van der Waals surface area contributed by atoms with Gasteiger partial charge >= 0.3 is 5.97 Å². The lowest BCUT2D eigenvalue weighted by Gasteiger charge is -2.12. The van der Waals surface area contributed by atoms with Crippen LogP contribution in [0.2, 0.25) is 0 Å². The molecule has 0 saturated heterocycles. The largest absolute Gasteiger partial charge is 0.481 e. The summed E-state index contributed by atoms with van der Waals surface area (Å²) in [5.41, 5.74) is 1.66. The van der Waals surface area contributed by atoms with E-state index in [4.69, 9.17) is 0 Å². The molecule has 104 valence electrons. The number of hydrogen-bond donors (Lipinski definition) is 1. The number of rotatable bonds is 5. The molecule has 1 aromatic heterocycles. The Balaban J connectivity index is 2.11. The minimum atomic E-state index is -0.866. The van der Waals surface area contributed by atoms with Crippen LogP contribution in [0.3, 0.4) is 0 Å². The third-order valence-corrected chi connectivity index (χ3v) is 3.42. The fourth-order valence-electron chi connectivity index (χ4n) is 2.00. The first-order valence-electron chi connectivity index (χ1n) is 6.11. The summed E-state index contributed by atoms with van der Waals surface area (Å²) in [5, 5.41) is 9.31. The van der Waals surface area contributed by atoms with Crippen LogP contribution in [0.1, 0.15) is 11.1 Å². The fraction of sp³-hybridized carbons (Fsp3) is 0.200. The summed E-state index contributed by atoms with van der Waals surface area (Å²) in [7, 11) is 0. The zero-order valence-electron chi connectivity index (χ0n) is 10.6. The molecule has 0 radical (unpaired) electrons. The van der Waals surface area contributed by atoms with E-state index in [2.05, 4.69) is 20.9 Å². The number of carboxylic acid groups (broad SMARTS) is 1. The van der Waals surface area contributed by atoms with Gasteiger partial charge in [0.15, 0.2) is 0 Å². The van der Waals surface area contributed by atoms with Crippen LogP contribution in [0.5, 0.6) is 0 Å². The van der Waals surface area contributed by atoms with Crippen molar-refractivity contribution < 1.29 is 14.3 Å². The third-order valence-electron chi connectivity index (χ3n) is 2.99. The number of carbonyl (C=O) groups is 1. The number of benzene rings is 1. The molecule has 1 heterocycles. The quantitative estimate of drug-likeness (QED) is 0.908. The minimum absolute atomic E-state index is 0.322. The maximum atomic E-state index is 12.8. The maximum Gasteiger partial charge on any atom is 0.307 e. The van der Waals surface area contributed by atoms with E-state index >= 15 is 0 Å². The fourth-order valence-corrected chi connectivity index (χ4v) is 2.42. The van der Waals surface area contributed by atoms with Gasteiger partial charge in [0.1, 0.15) is 5.82 Å². The molecule has 0 aliphatic rings. The van der Waals surface area contributed by atoms with Crippen molar-refractivity contribution >= 4 is 21.9 Å². The van der Waals surface area contributed by atoms with Crippen LogP contribution in [0, 0.1) is 11.7 Å². The molecule has 20 heavy (non-hydrogen) atoms. The average molecular weight is 338 g/mol. The minimum Gasteiger partial charge on any atom is -0.481 e. The summed E-state index contributed by atoms with van der Waals surface area (Å²) in [4.78, 5) is 15.4. The van der Waals surface area contributed by atoms with Gasteiger partial charge < -0.3 is 5.11 Å². The van der Waals surface area contributed by atoms with Crippen molar-refractivity contribution in [3.8, 4) is 0 Å². The van der Waals surface area contributed by atoms with E-state index in [1.165, 1.54) is 12.1 Å². The van der Waals surface area contributed by atoms with Crippen molar-refractivity contribution in [1.82, 2.24) is 4.98 Å². The van der Waals surface area contributed by atoms with Crippen LogP contribution < -0.4 is 0 Å². The normalized spacial score (nSPS) is 12.1. The molecule has 2 rings (SSSR count). The monoisotopic (exact) mass is 337 g/mol. The van der Waals surface area contributed by atoms with E-state index in [1.807, 2.05) is 6.07 Å². The van der Waals surface area contributed by atoms with E-state index in [-0.39, 0.29) is 5.82 Å². The van der Waals surface area contributed by atoms with Gasteiger partial charge in [-0.3, -0.25) is 9.78 Å². The summed E-state index contributed by atoms with van der Waals surface area (Å²) < 4.78 is 13.7. The molecule has 1 atom stereocenters. The molecule has 1 aromatic carbocycles. The smallest absolute Gasteiger partial charge is 0.307 e. The van der Waals surface area contributed by atoms with E-state index in [9.17, 15) is 14.3 Å². The van der Waals surface area contributed by atoms with Gasteiger partial charge in [-0.1, -0.05) is 12.1 Å². The zero-order valence-corrected chi connectivity index (χ0v) is 12.2. The van der Waals surface area contributed by atoms with Crippen LogP contribution in [-0.2, 0) is 17.6 Å². The first kappa shape index (κ1) is 14.7. The number of halogens is 2. The lowest BCUT2D eigenvalue weighted by molar-refractivity contribution is -0.141. The molecule has 0 spiro atoms. The Kier molecular flexibility index (Phi) is 4.84. The second-order valence-corrected chi connectivity index (χ2v) is 5.50. The van der Waals surface area contributed by atoms with Gasteiger partial charge in [0, 0.05) is 16.9 Å². The summed E-state index contributed by atoms with van der Waals surface area (Å²) in [6.45, 7) is 0. The van der Waals surface area contributed by atoms with Crippen LogP contribution in [0.4, 0.5) is 4.39 Å². The first-order valence-corrected chi connectivity index (χ1v) is 6.90. The van der Waals surface area contributed by atoms with Gasteiger partial charge in [-0.15, -0.1) is 0 Å². The Morgan fingerprint density at radius 1 is 1.20 bits per heavy atom. The average Bonchev–Trinajstić information content (AvgIpc) is 2.40. The van der Waals surface area contributed by atoms with Crippen molar-refractivity contribution in [3.05, 3.63) is 64.1 Å². The van der Waals surface area contributed by atoms with Gasteiger partial charge in [-0.2, -0.15) is 0 Å². The SMILES string of the molecule is O=C(O)C(Cc1ccc(F)cc1)Cc1cncc(Br)c1. The molecule has 0 saturated carbocycles. The molecule has 0 aliphatic heterocycles. The highest BCUT2D eigenvalue weighted by molar-refractivity contribution is 9.10. The van der Waals surface area contributed by atoms with Crippen molar-refractivity contribution in [2.24, 2.45) is 5.92 Å². The van der Waals surface area contributed by atoms with Gasteiger partial charge in [0.2, 0.25) is 0 Å². The molecular weight excluding hydrogens is 325 g/mol. The Morgan fingerprint density at radius 3 is 2.45 bits per heavy atom. The van der Waals surface area contributed by atoms with E-state index in [0.29, 0.717) is 12.8 Å². The molecule has 0 aliphatic carbocycles. The Labute approximate surface area is 124 Å². The second kappa shape index (κ2) is 6.61. The van der Waals surface area contributed by atoms with Crippen molar-refractivity contribution in [2.75, 3.05) is 0 Å². The van der Waals surface area contributed by atoms with Gasteiger partial charge in [0.25, 0.3) is 0 Å². The lowest BCUT2D eigenvalue weighted by Crippen LogP contribution is -2.19. The summed E-state index contributed by atoms with van der Waals surface area (Å²) >= 11 is 3.31. The number of carboxylic acids is 1. The molecular formula is C15H13BrFNO2. The lowest BCUT2D eigenvalue weighted by atomic mass is 9.93. The summed E-state index contributed by atoms with van der Waals surface area (Å²) in [6.07, 6.45) is 4.06. The first-order chi connectivity index (χ1) is 9.54. The van der Waals surface area contributed by atoms with Crippen molar-refractivity contribution in [2.45, 2.75) is 12.8 Å². The van der Waals surface area contributed by atoms with Crippen LogP contribution in [0.15, 0.2) is 47.2 Å².